The number of alkyl halides is 3. The van der Waals surface area contributed by atoms with Crippen molar-refractivity contribution in [3.63, 3.8) is 0 Å². The normalized spacial score (nSPS) is 19.7. The summed E-state index contributed by atoms with van der Waals surface area (Å²) in [7, 11) is 0. The van der Waals surface area contributed by atoms with Crippen molar-refractivity contribution < 1.29 is 27.4 Å². The Morgan fingerprint density at radius 1 is 1.29 bits per heavy atom. The van der Waals surface area contributed by atoms with Crippen LogP contribution in [0.2, 0.25) is 0 Å². The number of hydrogen-bond acceptors (Lipinski definition) is 3. The second kappa shape index (κ2) is 4.15. The van der Waals surface area contributed by atoms with Crippen molar-refractivity contribution in [2.75, 3.05) is 6.61 Å². The lowest BCUT2D eigenvalue weighted by atomic mass is 10.1. The zero-order valence-electron chi connectivity index (χ0n) is 8.45. The molecule has 1 amide bonds. The van der Waals surface area contributed by atoms with Crippen LogP contribution in [0.1, 0.15) is 11.6 Å². The monoisotopic (exact) mass is 247 g/mol. The van der Waals surface area contributed by atoms with Crippen LogP contribution in [0.3, 0.4) is 0 Å². The molecule has 1 saturated heterocycles. The lowest BCUT2D eigenvalue weighted by Crippen LogP contribution is -2.19. The summed E-state index contributed by atoms with van der Waals surface area (Å²) in [5.41, 5.74) is 0.658. The molecular weight excluding hydrogens is 239 g/mol. The fourth-order valence-corrected chi connectivity index (χ4v) is 1.47. The van der Waals surface area contributed by atoms with E-state index >= 15 is 0 Å². The van der Waals surface area contributed by atoms with E-state index in [0.29, 0.717) is 5.56 Å². The summed E-state index contributed by atoms with van der Waals surface area (Å²) in [6, 6.07) is 4.93. The average molecular weight is 247 g/mol. The van der Waals surface area contributed by atoms with Crippen LogP contribution < -0.4 is 10.1 Å². The molecule has 1 aromatic rings. The molecular formula is C10H8F3NO3. The molecule has 0 radical (unpaired) electrons. The summed E-state index contributed by atoms with van der Waals surface area (Å²) in [4.78, 5) is 10.8. The fraction of sp³-hybridized carbons (Fsp3) is 0.300. The van der Waals surface area contributed by atoms with Crippen molar-refractivity contribution in [3.8, 4) is 5.75 Å². The minimum Gasteiger partial charge on any atom is -0.447 e. The van der Waals surface area contributed by atoms with E-state index in [0.717, 1.165) is 0 Å². The second-order valence-corrected chi connectivity index (χ2v) is 3.41. The third-order valence-corrected chi connectivity index (χ3v) is 2.19. The van der Waals surface area contributed by atoms with Crippen molar-refractivity contribution in [1.82, 2.24) is 5.32 Å². The van der Waals surface area contributed by atoms with E-state index in [2.05, 4.69) is 14.8 Å². The first kappa shape index (κ1) is 11.6. The van der Waals surface area contributed by atoms with Crippen molar-refractivity contribution in [2.45, 2.75) is 12.4 Å². The van der Waals surface area contributed by atoms with E-state index in [-0.39, 0.29) is 18.4 Å². The number of amides is 1. The van der Waals surface area contributed by atoms with Gasteiger partial charge in [0, 0.05) is 0 Å². The van der Waals surface area contributed by atoms with Crippen LogP contribution in [-0.2, 0) is 4.74 Å². The number of ether oxygens (including phenoxy) is 2. The number of cyclic esters (lactones) is 1. The first-order valence-electron chi connectivity index (χ1n) is 4.73. The van der Waals surface area contributed by atoms with E-state index in [1.165, 1.54) is 24.3 Å². The first-order valence-corrected chi connectivity index (χ1v) is 4.73. The summed E-state index contributed by atoms with van der Waals surface area (Å²) < 4.78 is 44.1. The maximum absolute atomic E-state index is 11.9. The van der Waals surface area contributed by atoms with Crippen LogP contribution in [-0.4, -0.2) is 19.1 Å². The number of nitrogens with one attached hydrogen (secondary N) is 1. The fourth-order valence-electron chi connectivity index (χ4n) is 1.47. The van der Waals surface area contributed by atoms with Crippen molar-refractivity contribution in [3.05, 3.63) is 29.8 Å². The number of rotatable bonds is 2. The third-order valence-electron chi connectivity index (χ3n) is 2.19. The van der Waals surface area contributed by atoms with E-state index in [9.17, 15) is 18.0 Å². The van der Waals surface area contributed by atoms with E-state index in [1.54, 1.807) is 0 Å². The Bertz CT molecular complexity index is 416. The number of hydrogen-bond donors (Lipinski definition) is 1. The number of carbonyl (C=O) groups excluding carboxylic acids is 1. The lowest BCUT2D eigenvalue weighted by Gasteiger charge is -2.11. The largest absolute Gasteiger partial charge is 0.573 e. The smallest absolute Gasteiger partial charge is 0.447 e. The molecule has 1 atom stereocenters. The molecule has 1 aliphatic rings. The molecule has 0 spiro atoms. The molecule has 1 aliphatic heterocycles. The zero-order chi connectivity index (χ0) is 12.5. The number of alkyl carbamates (subject to hydrolysis) is 1. The van der Waals surface area contributed by atoms with Gasteiger partial charge in [0.25, 0.3) is 0 Å². The van der Waals surface area contributed by atoms with Gasteiger partial charge in [-0.05, 0) is 17.7 Å². The van der Waals surface area contributed by atoms with Gasteiger partial charge in [0.15, 0.2) is 0 Å². The van der Waals surface area contributed by atoms with Gasteiger partial charge >= 0.3 is 12.5 Å². The van der Waals surface area contributed by atoms with Gasteiger partial charge in [0.2, 0.25) is 0 Å². The molecule has 92 valence electrons. The highest BCUT2D eigenvalue weighted by Gasteiger charge is 2.31. The highest BCUT2D eigenvalue weighted by atomic mass is 19.4. The summed E-state index contributed by atoms with van der Waals surface area (Å²) >= 11 is 0. The van der Waals surface area contributed by atoms with Crippen LogP contribution in [0.25, 0.3) is 0 Å². The van der Waals surface area contributed by atoms with E-state index in [4.69, 9.17) is 0 Å². The molecule has 7 heteroatoms. The highest BCUT2D eigenvalue weighted by molar-refractivity contribution is 5.70. The SMILES string of the molecule is O=C1N[C@@H](c2ccc(OC(F)(F)F)cc2)CO1. The molecule has 1 aromatic carbocycles. The predicted octanol–water partition coefficient (Wildman–Crippen LogP) is 2.37. The molecule has 2 rings (SSSR count). The Morgan fingerprint density at radius 2 is 1.94 bits per heavy atom. The standard InChI is InChI=1S/C10H8F3NO3/c11-10(12,13)17-7-3-1-6(2-4-7)8-5-16-9(15)14-8/h1-4,8H,5H2,(H,14,15)/t8-/m1/s1. The Labute approximate surface area is 94.3 Å². The van der Waals surface area contributed by atoms with Crippen LogP contribution in [0.4, 0.5) is 18.0 Å². The average Bonchev–Trinajstić information content (AvgIpc) is 2.63. The lowest BCUT2D eigenvalue weighted by molar-refractivity contribution is -0.274. The molecule has 0 saturated carbocycles. The van der Waals surface area contributed by atoms with Gasteiger partial charge in [0.1, 0.15) is 12.4 Å². The second-order valence-electron chi connectivity index (χ2n) is 3.41. The third kappa shape index (κ3) is 3.02. The maximum Gasteiger partial charge on any atom is 0.573 e. The zero-order valence-corrected chi connectivity index (χ0v) is 8.45. The van der Waals surface area contributed by atoms with Gasteiger partial charge < -0.3 is 14.8 Å². The van der Waals surface area contributed by atoms with Crippen molar-refractivity contribution in [2.24, 2.45) is 0 Å². The van der Waals surface area contributed by atoms with Crippen LogP contribution >= 0.6 is 0 Å². The molecule has 0 bridgehead atoms. The minimum atomic E-state index is -4.70. The molecule has 4 nitrogen and oxygen atoms in total. The Hall–Kier alpha value is -1.92. The van der Waals surface area contributed by atoms with Crippen molar-refractivity contribution >= 4 is 6.09 Å². The summed E-state index contributed by atoms with van der Waals surface area (Å²) in [6.07, 6.45) is -5.24. The minimum absolute atomic E-state index is 0.165. The van der Waals surface area contributed by atoms with Gasteiger partial charge in [-0.1, -0.05) is 12.1 Å². The van der Waals surface area contributed by atoms with Gasteiger partial charge in [-0.2, -0.15) is 0 Å². The number of benzene rings is 1. The first-order chi connectivity index (χ1) is 7.94. The summed E-state index contributed by atoms with van der Waals surface area (Å²) in [5, 5.41) is 2.51. The predicted molar refractivity (Wildman–Crippen MR) is 50.3 cm³/mol. The number of carbonyl (C=O) groups is 1. The van der Waals surface area contributed by atoms with E-state index < -0.39 is 12.5 Å². The molecule has 17 heavy (non-hydrogen) atoms. The quantitative estimate of drug-likeness (QED) is 0.872. The maximum atomic E-state index is 11.9. The molecule has 1 N–H and O–H groups in total. The van der Waals surface area contributed by atoms with Crippen LogP contribution in [0.5, 0.6) is 5.75 Å². The van der Waals surface area contributed by atoms with Gasteiger partial charge in [0.05, 0.1) is 6.04 Å². The van der Waals surface area contributed by atoms with Crippen LogP contribution in [0.15, 0.2) is 24.3 Å². The molecule has 0 unspecified atom stereocenters. The van der Waals surface area contributed by atoms with Crippen LogP contribution in [0, 0.1) is 0 Å². The Kier molecular flexibility index (Phi) is 2.83. The Balaban J connectivity index is 2.05. The summed E-state index contributed by atoms with van der Waals surface area (Å²) in [6.45, 7) is 0.165. The van der Waals surface area contributed by atoms with Crippen molar-refractivity contribution in [1.29, 1.82) is 0 Å². The number of halogens is 3. The topological polar surface area (TPSA) is 47.6 Å². The highest BCUT2D eigenvalue weighted by Crippen LogP contribution is 2.25. The molecule has 0 aliphatic carbocycles. The van der Waals surface area contributed by atoms with Gasteiger partial charge in [-0.25, -0.2) is 4.79 Å². The molecule has 0 aromatic heterocycles. The Morgan fingerprint density at radius 3 is 2.41 bits per heavy atom. The van der Waals surface area contributed by atoms with E-state index in [1.807, 2.05) is 0 Å². The van der Waals surface area contributed by atoms with Gasteiger partial charge in [-0.15, -0.1) is 13.2 Å². The molecule has 1 heterocycles. The summed E-state index contributed by atoms with van der Waals surface area (Å²) in [5.74, 6) is -0.300. The molecule has 1 fully saturated rings. The van der Waals surface area contributed by atoms with Gasteiger partial charge in [-0.3, -0.25) is 0 Å².